The van der Waals surface area contributed by atoms with Gasteiger partial charge in [-0.05, 0) is 31.5 Å². The predicted molar refractivity (Wildman–Crippen MR) is 79.6 cm³/mol. The fraction of sp³-hybridized carbons (Fsp3) is 0.500. The van der Waals surface area contributed by atoms with E-state index in [2.05, 4.69) is 0 Å². The first-order chi connectivity index (χ1) is 9.64. The van der Waals surface area contributed by atoms with E-state index < -0.39 is 15.3 Å². The first kappa shape index (κ1) is 17.6. The SMILES string of the molecule is CC(C)S(=O)(=O)N(C)CC(=O)N(C)Cc1ccc(F)cc1. The molecule has 1 amide bonds. The van der Waals surface area contributed by atoms with Crippen LogP contribution in [0.3, 0.4) is 0 Å². The van der Waals surface area contributed by atoms with Gasteiger partial charge in [-0.25, -0.2) is 12.8 Å². The molecule has 0 saturated heterocycles. The van der Waals surface area contributed by atoms with E-state index >= 15 is 0 Å². The van der Waals surface area contributed by atoms with Crippen LogP contribution in [-0.2, 0) is 21.4 Å². The lowest BCUT2D eigenvalue weighted by atomic mass is 10.2. The number of amides is 1. The smallest absolute Gasteiger partial charge is 0.237 e. The monoisotopic (exact) mass is 316 g/mol. The van der Waals surface area contributed by atoms with Crippen LogP contribution in [0, 0.1) is 5.82 Å². The zero-order chi connectivity index (χ0) is 16.2. The van der Waals surface area contributed by atoms with Crippen molar-refractivity contribution in [3.8, 4) is 0 Å². The van der Waals surface area contributed by atoms with Crippen LogP contribution in [0.15, 0.2) is 24.3 Å². The summed E-state index contributed by atoms with van der Waals surface area (Å²) in [6.07, 6.45) is 0. The van der Waals surface area contributed by atoms with E-state index in [0.717, 1.165) is 9.87 Å². The molecule has 0 radical (unpaired) electrons. The van der Waals surface area contributed by atoms with Gasteiger partial charge in [0, 0.05) is 20.6 Å². The minimum absolute atomic E-state index is 0.210. The van der Waals surface area contributed by atoms with Gasteiger partial charge in [0.2, 0.25) is 15.9 Å². The Morgan fingerprint density at radius 1 is 1.19 bits per heavy atom. The fourth-order valence-electron chi connectivity index (χ4n) is 1.71. The van der Waals surface area contributed by atoms with Gasteiger partial charge in [0.25, 0.3) is 0 Å². The van der Waals surface area contributed by atoms with Gasteiger partial charge < -0.3 is 4.90 Å². The van der Waals surface area contributed by atoms with Crippen LogP contribution in [0.2, 0.25) is 0 Å². The Kier molecular flexibility index (Phi) is 5.86. The number of nitrogens with zero attached hydrogens (tertiary/aromatic N) is 2. The molecule has 1 aromatic rings. The second-order valence-corrected chi connectivity index (χ2v) is 7.82. The van der Waals surface area contributed by atoms with Gasteiger partial charge >= 0.3 is 0 Å². The summed E-state index contributed by atoms with van der Waals surface area (Å²) >= 11 is 0. The summed E-state index contributed by atoms with van der Waals surface area (Å²) in [7, 11) is -0.475. The Bertz CT molecular complexity index is 585. The van der Waals surface area contributed by atoms with Crippen molar-refractivity contribution in [3.63, 3.8) is 0 Å². The molecular formula is C14H21FN2O3S. The minimum Gasteiger partial charge on any atom is -0.340 e. The van der Waals surface area contributed by atoms with Gasteiger partial charge in [0.05, 0.1) is 11.8 Å². The van der Waals surface area contributed by atoms with E-state index in [4.69, 9.17) is 0 Å². The molecule has 0 N–H and O–H groups in total. The normalized spacial score (nSPS) is 12.0. The van der Waals surface area contributed by atoms with Crippen molar-refractivity contribution in [2.24, 2.45) is 0 Å². The molecule has 118 valence electrons. The third-order valence-electron chi connectivity index (χ3n) is 3.15. The molecule has 7 heteroatoms. The second kappa shape index (κ2) is 7.00. The zero-order valence-electron chi connectivity index (χ0n) is 12.7. The van der Waals surface area contributed by atoms with E-state index in [0.29, 0.717) is 6.54 Å². The predicted octanol–water partition coefficient (Wildman–Crippen LogP) is 1.45. The van der Waals surface area contributed by atoms with Crippen LogP contribution in [0.5, 0.6) is 0 Å². The highest BCUT2D eigenvalue weighted by atomic mass is 32.2. The molecule has 0 fully saturated rings. The summed E-state index contributed by atoms with van der Waals surface area (Å²) in [6, 6.07) is 5.83. The van der Waals surface area contributed by atoms with E-state index in [1.54, 1.807) is 33.0 Å². The summed E-state index contributed by atoms with van der Waals surface area (Å²) in [5, 5.41) is -0.572. The van der Waals surface area contributed by atoms with Crippen LogP contribution < -0.4 is 0 Å². The third-order valence-corrected chi connectivity index (χ3v) is 5.34. The number of rotatable bonds is 6. The van der Waals surface area contributed by atoms with Crippen molar-refractivity contribution < 1.29 is 17.6 Å². The maximum absolute atomic E-state index is 12.8. The maximum Gasteiger partial charge on any atom is 0.237 e. The highest BCUT2D eigenvalue weighted by Gasteiger charge is 2.25. The van der Waals surface area contributed by atoms with E-state index in [1.807, 2.05) is 0 Å². The summed E-state index contributed by atoms with van der Waals surface area (Å²) in [5.74, 6) is -0.651. The highest BCUT2D eigenvalue weighted by molar-refractivity contribution is 7.89. The standard InChI is InChI=1S/C14H21FN2O3S/c1-11(2)21(19,20)17(4)10-14(18)16(3)9-12-5-7-13(15)8-6-12/h5-8,11H,9-10H2,1-4H3. The molecule has 0 aliphatic heterocycles. The Balaban J connectivity index is 2.65. The van der Waals surface area contributed by atoms with Gasteiger partial charge in [0.15, 0.2) is 0 Å². The third kappa shape index (κ3) is 4.78. The van der Waals surface area contributed by atoms with E-state index in [-0.39, 0.29) is 18.3 Å². The van der Waals surface area contributed by atoms with Crippen LogP contribution in [-0.4, -0.2) is 49.4 Å². The summed E-state index contributed by atoms with van der Waals surface area (Å²) in [6.45, 7) is 3.23. The Labute approximate surface area is 125 Å². The largest absolute Gasteiger partial charge is 0.340 e. The topological polar surface area (TPSA) is 57.7 Å². The van der Waals surface area contributed by atoms with Gasteiger partial charge in [-0.3, -0.25) is 4.79 Å². The molecule has 1 rings (SSSR count). The number of carbonyl (C=O) groups is 1. The molecule has 0 bridgehead atoms. The lowest BCUT2D eigenvalue weighted by Crippen LogP contribution is -2.41. The molecule has 0 atom stereocenters. The van der Waals surface area contributed by atoms with Crippen LogP contribution in [0.25, 0.3) is 0 Å². The first-order valence-corrected chi connectivity index (χ1v) is 8.08. The van der Waals surface area contributed by atoms with Crippen molar-refractivity contribution >= 4 is 15.9 Å². The minimum atomic E-state index is -3.45. The summed E-state index contributed by atoms with van der Waals surface area (Å²) in [5.41, 5.74) is 0.779. The number of carbonyl (C=O) groups excluding carboxylic acids is 1. The average Bonchev–Trinajstić information content (AvgIpc) is 2.40. The van der Waals surface area contributed by atoms with Gasteiger partial charge in [0.1, 0.15) is 5.82 Å². The van der Waals surface area contributed by atoms with Crippen molar-refractivity contribution in [1.82, 2.24) is 9.21 Å². The molecule has 5 nitrogen and oxygen atoms in total. The lowest BCUT2D eigenvalue weighted by Gasteiger charge is -2.23. The molecule has 0 heterocycles. The number of likely N-dealkylation sites (N-methyl/N-ethyl adjacent to an activating group) is 2. The lowest BCUT2D eigenvalue weighted by molar-refractivity contribution is -0.130. The molecular weight excluding hydrogens is 295 g/mol. The summed E-state index contributed by atoms with van der Waals surface area (Å²) < 4.78 is 37.7. The molecule has 1 aromatic carbocycles. The molecule has 0 spiro atoms. The van der Waals surface area contributed by atoms with E-state index in [1.165, 1.54) is 24.1 Å². The highest BCUT2D eigenvalue weighted by Crippen LogP contribution is 2.08. The van der Waals surface area contributed by atoms with Crippen molar-refractivity contribution in [2.75, 3.05) is 20.6 Å². The van der Waals surface area contributed by atoms with Crippen molar-refractivity contribution in [3.05, 3.63) is 35.6 Å². The van der Waals surface area contributed by atoms with Crippen LogP contribution in [0.1, 0.15) is 19.4 Å². The molecule has 21 heavy (non-hydrogen) atoms. The molecule has 0 unspecified atom stereocenters. The van der Waals surface area contributed by atoms with Gasteiger partial charge in [-0.15, -0.1) is 0 Å². The van der Waals surface area contributed by atoms with Gasteiger partial charge in [-0.1, -0.05) is 12.1 Å². The number of hydrogen-bond donors (Lipinski definition) is 0. The molecule has 0 aliphatic carbocycles. The Hall–Kier alpha value is -1.47. The zero-order valence-corrected chi connectivity index (χ0v) is 13.5. The molecule has 0 aromatic heterocycles. The van der Waals surface area contributed by atoms with Crippen molar-refractivity contribution in [2.45, 2.75) is 25.6 Å². The van der Waals surface area contributed by atoms with Crippen LogP contribution in [0.4, 0.5) is 4.39 Å². The maximum atomic E-state index is 12.8. The van der Waals surface area contributed by atoms with Gasteiger partial charge in [-0.2, -0.15) is 4.31 Å². The number of benzene rings is 1. The quantitative estimate of drug-likeness (QED) is 0.798. The Morgan fingerprint density at radius 2 is 1.71 bits per heavy atom. The average molecular weight is 316 g/mol. The van der Waals surface area contributed by atoms with E-state index in [9.17, 15) is 17.6 Å². The Morgan fingerprint density at radius 3 is 2.19 bits per heavy atom. The fourth-order valence-corrected chi connectivity index (χ4v) is 2.72. The number of hydrogen-bond acceptors (Lipinski definition) is 3. The number of halogens is 1. The van der Waals surface area contributed by atoms with Crippen molar-refractivity contribution in [1.29, 1.82) is 0 Å². The number of sulfonamides is 1. The second-order valence-electron chi connectivity index (χ2n) is 5.23. The summed E-state index contributed by atoms with van der Waals surface area (Å²) in [4.78, 5) is 13.5. The molecule has 0 saturated carbocycles. The molecule has 0 aliphatic rings. The first-order valence-electron chi connectivity index (χ1n) is 6.58. The van der Waals surface area contributed by atoms with Crippen LogP contribution >= 0.6 is 0 Å².